The molecular weight excluding hydrogens is 600 g/mol. The van der Waals surface area contributed by atoms with Gasteiger partial charge < -0.3 is 19.2 Å². The summed E-state index contributed by atoms with van der Waals surface area (Å²) in [5, 5.41) is -0.151. The number of fused-ring (bicyclic) bond motifs is 4. The van der Waals surface area contributed by atoms with E-state index < -0.39 is 21.2 Å². The van der Waals surface area contributed by atoms with Crippen molar-refractivity contribution < 1.29 is 27.5 Å². The molecule has 0 unspecified atom stereocenters. The molecule has 10 heteroatoms. The number of aryl methyl sites for hydroxylation is 1. The van der Waals surface area contributed by atoms with Crippen LogP contribution < -0.4 is 14.4 Å². The molecule has 0 saturated heterocycles. The number of ether oxygens (including phenoxy) is 2. The predicted molar refractivity (Wildman–Crippen MR) is 171 cm³/mol. The number of hydrogen-bond donors (Lipinski definition) is 1. The molecule has 2 aliphatic carbocycles. The number of nitrogens with one attached hydrogen (secondary N) is 1. The predicted octanol–water partition coefficient (Wildman–Crippen LogP) is 5.47. The molecule has 2 aromatic rings. The first-order valence-corrected chi connectivity index (χ1v) is 17.6. The largest absolute Gasteiger partial charge is 0.490 e. The third kappa shape index (κ3) is 6.03. The number of allylic oxidation sites excluding steroid dienone is 1. The maximum Gasteiger partial charge on any atom is 0.264 e. The highest BCUT2D eigenvalue weighted by Crippen LogP contribution is 2.47. The third-order valence-corrected chi connectivity index (χ3v) is 12.3. The first kappa shape index (κ1) is 31.1. The number of sulfonamides is 1. The lowest BCUT2D eigenvalue weighted by atomic mass is 9.68. The van der Waals surface area contributed by atoms with Crippen LogP contribution in [-0.2, 0) is 31.4 Å². The molecule has 2 bridgehead atoms. The maximum absolute atomic E-state index is 13.4. The van der Waals surface area contributed by atoms with Crippen LogP contribution in [0.4, 0.5) is 5.69 Å². The zero-order valence-corrected chi connectivity index (χ0v) is 26.9. The first-order chi connectivity index (χ1) is 21.1. The van der Waals surface area contributed by atoms with Gasteiger partial charge in [0.2, 0.25) is 10.0 Å². The van der Waals surface area contributed by atoms with Crippen LogP contribution in [0.3, 0.4) is 0 Å². The molecule has 1 N–H and O–H groups in total. The van der Waals surface area contributed by atoms with Crippen molar-refractivity contribution in [3.8, 4) is 5.75 Å². The van der Waals surface area contributed by atoms with Crippen LogP contribution in [0.5, 0.6) is 5.75 Å². The number of rotatable bonds is 3. The quantitative estimate of drug-likeness (QED) is 0.351. The SMILES string of the molecule is CO[C@H]1/C=C\[C@H](CC=O)C[C@@H](C)S(=O)(=O)NC(=O)c2ccc3c(c2)N(C[C@@H]2CC[C@H]21)C[C@@]1(CCCc2cc(Cl)ccc21)CO3. The molecule has 1 fully saturated rings. The summed E-state index contributed by atoms with van der Waals surface area (Å²) >= 11 is 6.40. The van der Waals surface area contributed by atoms with Gasteiger partial charge in [-0.15, -0.1) is 0 Å². The van der Waals surface area contributed by atoms with Crippen molar-refractivity contribution in [2.45, 2.75) is 68.6 Å². The van der Waals surface area contributed by atoms with Crippen LogP contribution in [0.15, 0.2) is 48.6 Å². The van der Waals surface area contributed by atoms with Crippen LogP contribution in [0.1, 0.15) is 66.9 Å². The van der Waals surface area contributed by atoms with Gasteiger partial charge in [0.15, 0.2) is 0 Å². The summed E-state index contributed by atoms with van der Waals surface area (Å²) in [6.45, 7) is 3.52. The molecule has 1 spiro atoms. The van der Waals surface area contributed by atoms with E-state index in [0.717, 1.165) is 55.6 Å². The number of benzene rings is 2. The topological polar surface area (TPSA) is 102 Å². The Morgan fingerprint density at radius 3 is 2.77 bits per heavy atom. The van der Waals surface area contributed by atoms with Crippen LogP contribution in [0, 0.1) is 17.8 Å². The van der Waals surface area contributed by atoms with E-state index in [2.05, 4.69) is 21.8 Å². The lowest BCUT2D eigenvalue weighted by molar-refractivity contribution is -0.108. The Labute approximate surface area is 265 Å². The molecule has 1 amide bonds. The number of carbonyl (C=O) groups excluding carboxylic acids is 2. The fourth-order valence-electron chi connectivity index (χ4n) is 7.67. The fraction of sp³-hybridized carbons (Fsp3) is 0.529. The number of hydrogen-bond acceptors (Lipinski definition) is 7. The highest BCUT2D eigenvalue weighted by molar-refractivity contribution is 7.90. The van der Waals surface area contributed by atoms with E-state index in [1.54, 1.807) is 32.2 Å². The summed E-state index contributed by atoms with van der Waals surface area (Å²) < 4.78 is 41.3. The van der Waals surface area contributed by atoms with Gasteiger partial charge in [-0.2, -0.15) is 0 Å². The van der Waals surface area contributed by atoms with Crippen LogP contribution >= 0.6 is 11.6 Å². The minimum absolute atomic E-state index is 0.150. The number of aldehydes is 1. The van der Waals surface area contributed by atoms with E-state index in [9.17, 15) is 18.0 Å². The summed E-state index contributed by atoms with van der Waals surface area (Å²) in [6.07, 6.45) is 10.0. The summed E-state index contributed by atoms with van der Waals surface area (Å²) in [4.78, 5) is 27.2. The van der Waals surface area contributed by atoms with Gasteiger partial charge in [-0.1, -0.05) is 29.8 Å². The van der Waals surface area contributed by atoms with E-state index in [-0.39, 0.29) is 41.8 Å². The third-order valence-electron chi connectivity index (χ3n) is 10.3. The lowest BCUT2D eigenvalue weighted by Gasteiger charge is -2.46. The van der Waals surface area contributed by atoms with Gasteiger partial charge in [0, 0.05) is 42.6 Å². The second-order valence-corrected chi connectivity index (χ2v) is 15.6. The van der Waals surface area contributed by atoms with Gasteiger partial charge >= 0.3 is 0 Å². The van der Waals surface area contributed by atoms with Gasteiger partial charge in [0.05, 0.1) is 23.6 Å². The van der Waals surface area contributed by atoms with Crippen molar-refractivity contribution in [2.75, 3.05) is 31.7 Å². The van der Waals surface area contributed by atoms with Crippen molar-refractivity contribution in [1.82, 2.24) is 4.72 Å². The number of nitrogens with zero attached hydrogens (tertiary/aromatic N) is 1. The standard InChI is InChI=1S/C34H41ClN2O6S/c1-22-16-23(13-15-38)5-11-31(42-2)28-9-6-26(28)19-37-20-34(14-3-4-24-17-27(35)8-10-29(24)34)21-43-32-12-7-25(18-30(32)37)33(39)36-44(22,40)41/h5,7-8,10-12,15,17-18,22-23,26,28,31H,3-4,6,9,13-14,16,19-21H2,1-2H3,(H,36,39)/b11-5-/t22-,23-,26+,28-,31+,34+/m1/s1. The lowest BCUT2D eigenvalue weighted by Crippen LogP contribution is -2.49. The van der Waals surface area contributed by atoms with Crippen molar-refractivity contribution in [3.63, 3.8) is 0 Å². The highest BCUT2D eigenvalue weighted by Gasteiger charge is 2.44. The van der Waals surface area contributed by atoms with Crippen LogP contribution in [-0.4, -0.2) is 58.8 Å². The average molecular weight is 641 g/mol. The van der Waals surface area contributed by atoms with Crippen molar-refractivity contribution in [2.24, 2.45) is 17.8 Å². The van der Waals surface area contributed by atoms with Crippen molar-refractivity contribution >= 4 is 39.5 Å². The van der Waals surface area contributed by atoms with E-state index in [4.69, 9.17) is 21.1 Å². The van der Waals surface area contributed by atoms with Crippen molar-refractivity contribution in [1.29, 1.82) is 0 Å². The molecule has 2 heterocycles. The van der Waals surface area contributed by atoms with E-state index in [1.165, 1.54) is 11.1 Å². The number of anilines is 1. The Hall–Kier alpha value is -2.88. The molecule has 4 aliphatic rings. The van der Waals surface area contributed by atoms with Gasteiger partial charge in [0.25, 0.3) is 5.91 Å². The summed E-state index contributed by atoms with van der Waals surface area (Å²) in [6, 6.07) is 11.4. The van der Waals surface area contributed by atoms with Gasteiger partial charge in [0.1, 0.15) is 12.0 Å². The average Bonchev–Trinajstić information content (AvgIpc) is 3.13. The second-order valence-electron chi connectivity index (χ2n) is 13.1. The molecule has 6 atom stereocenters. The summed E-state index contributed by atoms with van der Waals surface area (Å²) in [7, 11) is -2.29. The molecule has 6 rings (SSSR count). The molecule has 8 nitrogen and oxygen atoms in total. The summed E-state index contributed by atoms with van der Waals surface area (Å²) in [5.74, 6) is 0.343. The Morgan fingerprint density at radius 1 is 1.18 bits per heavy atom. The zero-order chi connectivity index (χ0) is 31.1. The molecular formula is C34H41ClN2O6S. The molecule has 1 saturated carbocycles. The molecule has 44 heavy (non-hydrogen) atoms. The summed E-state index contributed by atoms with van der Waals surface area (Å²) in [5.41, 5.74) is 3.31. The van der Waals surface area contributed by atoms with Gasteiger partial charge in [-0.25, -0.2) is 13.1 Å². The molecule has 2 aromatic carbocycles. The normalized spacial score (nSPS) is 32.2. The number of amides is 1. The Bertz CT molecular complexity index is 1560. The first-order valence-electron chi connectivity index (χ1n) is 15.6. The Morgan fingerprint density at radius 2 is 2.02 bits per heavy atom. The molecule has 236 valence electrons. The minimum Gasteiger partial charge on any atom is -0.490 e. The molecule has 0 aromatic heterocycles. The molecule has 0 radical (unpaired) electrons. The molecule has 2 aliphatic heterocycles. The van der Waals surface area contributed by atoms with Crippen molar-refractivity contribution in [3.05, 3.63) is 70.3 Å². The number of methoxy groups -OCH3 is 1. The van der Waals surface area contributed by atoms with E-state index >= 15 is 0 Å². The fourth-order valence-corrected chi connectivity index (χ4v) is 8.95. The van der Waals surface area contributed by atoms with E-state index in [0.29, 0.717) is 24.8 Å². The second kappa shape index (κ2) is 12.5. The number of halogens is 1. The highest BCUT2D eigenvalue weighted by atomic mass is 35.5. The van der Waals surface area contributed by atoms with Crippen LogP contribution in [0.2, 0.25) is 5.02 Å². The number of carbonyl (C=O) groups is 2. The Balaban J connectivity index is 1.43. The van der Waals surface area contributed by atoms with Gasteiger partial charge in [-0.05, 0) is 105 Å². The maximum atomic E-state index is 13.4. The smallest absolute Gasteiger partial charge is 0.264 e. The zero-order valence-electron chi connectivity index (χ0n) is 25.3. The van der Waals surface area contributed by atoms with Gasteiger partial charge in [-0.3, -0.25) is 4.79 Å². The Kier molecular flexibility index (Phi) is 8.83. The van der Waals surface area contributed by atoms with Crippen LogP contribution in [0.25, 0.3) is 0 Å². The van der Waals surface area contributed by atoms with E-state index in [1.807, 2.05) is 18.2 Å². The monoisotopic (exact) mass is 640 g/mol. The minimum atomic E-state index is -4.00.